The van der Waals surface area contributed by atoms with E-state index in [0.717, 1.165) is 6.61 Å². The highest BCUT2D eigenvalue weighted by atomic mass is 79.9. The summed E-state index contributed by atoms with van der Waals surface area (Å²) >= 11 is 3.40. The van der Waals surface area contributed by atoms with E-state index in [4.69, 9.17) is 4.74 Å². The molecule has 0 aliphatic rings. The van der Waals surface area contributed by atoms with Gasteiger partial charge in [0.05, 0.1) is 12.2 Å². The highest BCUT2D eigenvalue weighted by Gasteiger charge is 2.10. The number of hydrogen-bond donors (Lipinski definition) is 0. The minimum absolute atomic E-state index is 0.00201. The Bertz CT molecular complexity index is 73.5. The van der Waals surface area contributed by atoms with Gasteiger partial charge in [-0.25, -0.2) is 0 Å². The zero-order valence-corrected chi connectivity index (χ0v) is 8.16. The molecule has 1 unspecified atom stereocenters. The molecule has 0 heterocycles. The maximum atomic E-state index is 5.44. The van der Waals surface area contributed by atoms with Crippen LogP contribution in [0.25, 0.3) is 0 Å². The second kappa shape index (κ2) is 3.57. The van der Waals surface area contributed by atoms with Crippen molar-refractivity contribution in [3.8, 4) is 0 Å². The molecule has 56 valence electrons. The molecule has 0 aliphatic heterocycles. The van der Waals surface area contributed by atoms with Gasteiger partial charge in [0.15, 0.2) is 0 Å². The fraction of sp³-hybridized carbons (Fsp3) is 1.00. The molecule has 0 aromatic carbocycles. The van der Waals surface area contributed by atoms with E-state index in [1.165, 1.54) is 0 Å². The van der Waals surface area contributed by atoms with Crippen LogP contribution in [0.2, 0.25) is 0 Å². The maximum absolute atomic E-state index is 5.44. The van der Waals surface area contributed by atoms with Crippen molar-refractivity contribution in [2.45, 2.75) is 38.1 Å². The molecule has 0 aliphatic carbocycles. The molecule has 0 aromatic heterocycles. The second-order valence-electron chi connectivity index (χ2n) is 3.20. The van der Waals surface area contributed by atoms with Crippen molar-refractivity contribution in [3.05, 3.63) is 0 Å². The summed E-state index contributed by atoms with van der Waals surface area (Å²) in [7, 11) is 0. The standard InChI is InChI=1S/C7H15BrO/c1-6(8)5-9-7(2,3)4/h6H,5H2,1-4H3. The normalized spacial score (nSPS) is 15.7. The first kappa shape index (κ1) is 9.44. The molecule has 0 spiro atoms. The minimum Gasteiger partial charge on any atom is -0.375 e. The number of ether oxygens (including phenoxy) is 1. The Morgan fingerprint density at radius 2 is 1.89 bits per heavy atom. The quantitative estimate of drug-likeness (QED) is 0.615. The third-order valence-corrected chi connectivity index (χ3v) is 1.01. The number of hydrogen-bond acceptors (Lipinski definition) is 1. The van der Waals surface area contributed by atoms with E-state index in [1.54, 1.807) is 0 Å². The topological polar surface area (TPSA) is 9.23 Å². The second-order valence-corrected chi connectivity index (χ2v) is 4.77. The first-order valence-electron chi connectivity index (χ1n) is 3.20. The summed E-state index contributed by atoms with van der Waals surface area (Å²) < 4.78 is 5.44. The van der Waals surface area contributed by atoms with Crippen LogP contribution < -0.4 is 0 Å². The molecule has 0 rings (SSSR count). The third-order valence-electron chi connectivity index (χ3n) is 0.746. The summed E-state index contributed by atoms with van der Waals surface area (Å²) in [5.74, 6) is 0. The van der Waals surface area contributed by atoms with Gasteiger partial charge in [-0.3, -0.25) is 0 Å². The molecule has 9 heavy (non-hydrogen) atoms. The lowest BCUT2D eigenvalue weighted by Gasteiger charge is -2.20. The van der Waals surface area contributed by atoms with Crippen LogP contribution >= 0.6 is 15.9 Å². The van der Waals surface area contributed by atoms with Gasteiger partial charge < -0.3 is 4.74 Å². The lowest BCUT2D eigenvalue weighted by Crippen LogP contribution is -2.22. The Morgan fingerprint density at radius 3 is 2.00 bits per heavy atom. The lowest BCUT2D eigenvalue weighted by atomic mass is 10.2. The molecule has 1 atom stereocenters. The van der Waals surface area contributed by atoms with E-state index in [-0.39, 0.29) is 5.60 Å². The predicted octanol–water partition coefficient (Wildman–Crippen LogP) is 2.58. The third kappa shape index (κ3) is 8.44. The van der Waals surface area contributed by atoms with Crippen LogP contribution in [0.5, 0.6) is 0 Å². The first-order chi connectivity index (χ1) is 3.92. The van der Waals surface area contributed by atoms with Gasteiger partial charge in [-0.15, -0.1) is 0 Å². The molecule has 0 bridgehead atoms. The average molecular weight is 195 g/mol. The summed E-state index contributed by atoms with van der Waals surface area (Å²) in [6.07, 6.45) is 0. The smallest absolute Gasteiger partial charge is 0.0599 e. The van der Waals surface area contributed by atoms with Crippen LogP contribution in [0, 0.1) is 0 Å². The Morgan fingerprint density at radius 1 is 1.44 bits per heavy atom. The van der Waals surface area contributed by atoms with Crippen molar-refractivity contribution in [2.24, 2.45) is 0 Å². The fourth-order valence-corrected chi connectivity index (χ4v) is 0.497. The molecule has 0 saturated heterocycles. The predicted molar refractivity (Wildman–Crippen MR) is 44.1 cm³/mol. The average Bonchev–Trinajstić information content (AvgIpc) is 1.59. The van der Waals surface area contributed by atoms with Gasteiger partial charge in [0.25, 0.3) is 0 Å². The van der Waals surface area contributed by atoms with Crippen LogP contribution in [0.3, 0.4) is 0 Å². The van der Waals surface area contributed by atoms with Crippen LogP contribution in [-0.2, 0) is 4.74 Å². The van der Waals surface area contributed by atoms with Crippen molar-refractivity contribution in [2.75, 3.05) is 6.61 Å². The Kier molecular flexibility index (Phi) is 3.74. The summed E-state index contributed by atoms with van der Waals surface area (Å²) in [5, 5.41) is 0. The van der Waals surface area contributed by atoms with Crippen LogP contribution in [0.1, 0.15) is 27.7 Å². The van der Waals surface area contributed by atoms with Crippen molar-refractivity contribution in [1.82, 2.24) is 0 Å². The zero-order valence-electron chi connectivity index (χ0n) is 6.57. The van der Waals surface area contributed by atoms with Gasteiger partial charge in [0.2, 0.25) is 0 Å². The minimum atomic E-state index is 0.00201. The van der Waals surface area contributed by atoms with E-state index in [1.807, 2.05) is 0 Å². The van der Waals surface area contributed by atoms with Gasteiger partial charge in [-0.1, -0.05) is 22.9 Å². The molecule has 0 saturated carbocycles. The molecule has 0 aromatic rings. The van der Waals surface area contributed by atoms with Gasteiger partial charge in [-0.05, 0) is 20.8 Å². The molecule has 0 amide bonds. The Hall–Kier alpha value is 0.440. The number of alkyl halides is 1. The molecular formula is C7H15BrO. The van der Waals surface area contributed by atoms with Crippen LogP contribution in [0.4, 0.5) is 0 Å². The monoisotopic (exact) mass is 194 g/mol. The molecular weight excluding hydrogens is 180 g/mol. The molecule has 0 radical (unpaired) electrons. The Labute approximate surface area is 65.9 Å². The molecule has 2 heteroatoms. The SMILES string of the molecule is CC(Br)COC(C)(C)C. The van der Waals surface area contributed by atoms with Gasteiger partial charge in [-0.2, -0.15) is 0 Å². The van der Waals surface area contributed by atoms with E-state index in [2.05, 4.69) is 43.6 Å². The summed E-state index contributed by atoms with van der Waals surface area (Å²) in [5.41, 5.74) is 0.00201. The Balaban J connectivity index is 3.28. The summed E-state index contributed by atoms with van der Waals surface area (Å²) in [6, 6.07) is 0. The lowest BCUT2D eigenvalue weighted by molar-refractivity contribution is 0.000153. The number of rotatable bonds is 2. The van der Waals surface area contributed by atoms with Crippen LogP contribution in [-0.4, -0.2) is 17.0 Å². The number of halogens is 1. The van der Waals surface area contributed by atoms with Crippen molar-refractivity contribution >= 4 is 15.9 Å². The highest BCUT2D eigenvalue weighted by molar-refractivity contribution is 9.09. The van der Waals surface area contributed by atoms with E-state index in [9.17, 15) is 0 Å². The van der Waals surface area contributed by atoms with Crippen molar-refractivity contribution < 1.29 is 4.74 Å². The highest BCUT2D eigenvalue weighted by Crippen LogP contribution is 2.09. The first-order valence-corrected chi connectivity index (χ1v) is 4.11. The molecule has 0 fully saturated rings. The largest absolute Gasteiger partial charge is 0.375 e. The van der Waals surface area contributed by atoms with Crippen molar-refractivity contribution in [1.29, 1.82) is 0 Å². The molecule has 0 N–H and O–H groups in total. The van der Waals surface area contributed by atoms with Crippen molar-refractivity contribution in [3.63, 3.8) is 0 Å². The summed E-state index contributed by atoms with van der Waals surface area (Å²) in [4.78, 5) is 0.455. The van der Waals surface area contributed by atoms with Gasteiger partial charge in [0.1, 0.15) is 0 Å². The van der Waals surface area contributed by atoms with Crippen LogP contribution in [0.15, 0.2) is 0 Å². The fourth-order valence-electron chi connectivity index (χ4n) is 0.365. The van der Waals surface area contributed by atoms with E-state index < -0.39 is 0 Å². The van der Waals surface area contributed by atoms with Gasteiger partial charge in [0, 0.05) is 4.83 Å². The summed E-state index contributed by atoms with van der Waals surface area (Å²) in [6.45, 7) is 9.03. The van der Waals surface area contributed by atoms with E-state index >= 15 is 0 Å². The zero-order chi connectivity index (χ0) is 7.49. The maximum Gasteiger partial charge on any atom is 0.0599 e. The molecule has 1 nitrogen and oxygen atoms in total. The van der Waals surface area contributed by atoms with E-state index in [0.29, 0.717) is 4.83 Å². The van der Waals surface area contributed by atoms with Gasteiger partial charge >= 0.3 is 0 Å².